The number of hydrogen-bond donors (Lipinski definition) is 2. The van der Waals surface area contributed by atoms with Crippen molar-refractivity contribution in [3.63, 3.8) is 0 Å². The number of hydrogen-bond acceptors (Lipinski definition) is 4. The molecule has 0 saturated carbocycles. The van der Waals surface area contributed by atoms with Crippen LogP contribution in [-0.2, 0) is 4.79 Å². The van der Waals surface area contributed by atoms with E-state index in [0.717, 1.165) is 0 Å². The van der Waals surface area contributed by atoms with E-state index < -0.39 is 17.6 Å². The first-order chi connectivity index (χ1) is 12.1. The number of halogens is 1. The molecule has 0 saturated heterocycles. The standard InChI is InChI=1S/C18H19FN2O4/c1-2-24-15-9-5-6-10-16(15)25-12-11-17(22)20-21-18(23)13-7-3-4-8-14(13)19/h3-10H,2,11-12H2,1H3,(H,20,22)(H,21,23). The van der Waals surface area contributed by atoms with Crippen LogP contribution in [0, 0.1) is 5.82 Å². The Morgan fingerprint density at radius 3 is 2.28 bits per heavy atom. The second kappa shape index (κ2) is 9.27. The summed E-state index contributed by atoms with van der Waals surface area (Å²) in [4.78, 5) is 23.5. The number of hydrazine groups is 1. The lowest BCUT2D eigenvalue weighted by Gasteiger charge is -2.12. The highest BCUT2D eigenvalue weighted by atomic mass is 19.1. The molecule has 0 radical (unpaired) electrons. The lowest BCUT2D eigenvalue weighted by molar-refractivity contribution is -0.122. The molecule has 0 unspecified atom stereocenters. The number of carbonyl (C=O) groups excluding carboxylic acids is 2. The van der Waals surface area contributed by atoms with Crippen molar-refractivity contribution < 1.29 is 23.5 Å². The normalized spacial score (nSPS) is 10.0. The maximum absolute atomic E-state index is 13.5. The van der Waals surface area contributed by atoms with Gasteiger partial charge in [0, 0.05) is 0 Å². The van der Waals surface area contributed by atoms with Crippen LogP contribution in [0.4, 0.5) is 4.39 Å². The van der Waals surface area contributed by atoms with Crippen LogP contribution in [0.5, 0.6) is 11.5 Å². The van der Waals surface area contributed by atoms with E-state index in [-0.39, 0.29) is 18.6 Å². The van der Waals surface area contributed by atoms with E-state index in [2.05, 4.69) is 10.9 Å². The van der Waals surface area contributed by atoms with Crippen LogP contribution < -0.4 is 20.3 Å². The summed E-state index contributed by atoms with van der Waals surface area (Å²) < 4.78 is 24.4. The van der Waals surface area contributed by atoms with Crippen molar-refractivity contribution in [3.05, 3.63) is 59.9 Å². The SMILES string of the molecule is CCOc1ccccc1OCCC(=O)NNC(=O)c1ccccc1F. The highest BCUT2D eigenvalue weighted by Crippen LogP contribution is 2.26. The van der Waals surface area contributed by atoms with Crippen molar-refractivity contribution in [2.45, 2.75) is 13.3 Å². The number of ether oxygens (including phenoxy) is 2. The van der Waals surface area contributed by atoms with Crippen LogP contribution >= 0.6 is 0 Å². The third kappa shape index (κ3) is 5.49. The quantitative estimate of drug-likeness (QED) is 0.755. The van der Waals surface area contributed by atoms with Gasteiger partial charge in [-0.25, -0.2) is 4.39 Å². The van der Waals surface area contributed by atoms with Crippen molar-refractivity contribution in [1.82, 2.24) is 10.9 Å². The van der Waals surface area contributed by atoms with Gasteiger partial charge in [-0.15, -0.1) is 0 Å². The average Bonchev–Trinajstić information content (AvgIpc) is 2.62. The third-order valence-electron chi connectivity index (χ3n) is 3.17. The Labute approximate surface area is 144 Å². The van der Waals surface area contributed by atoms with Crippen molar-refractivity contribution in [1.29, 1.82) is 0 Å². The first-order valence-electron chi connectivity index (χ1n) is 7.80. The van der Waals surface area contributed by atoms with Crippen LogP contribution in [0.1, 0.15) is 23.7 Å². The molecule has 2 aromatic carbocycles. The molecule has 0 bridgehead atoms. The second-order valence-electron chi connectivity index (χ2n) is 4.96. The Morgan fingerprint density at radius 2 is 1.60 bits per heavy atom. The Kier molecular flexibility index (Phi) is 6.76. The Hall–Kier alpha value is -3.09. The highest BCUT2D eigenvalue weighted by Gasteiger charge is 2.12. The fraction of sp³-hybridized carbons (Fsp3) is 0.222. The molecule has 6 nitrogen and oxygen atoms in total. The molecule has 25 heavy (non-hydrogen) atoms. The smallest absolute Gasteiger partial charge is 0.272 e. The summed E-state index contributed by atoms with van der Waals surface area (Å²) in [7, 11) is 0. The van der Waals surface area contributed by atoms with Crippen molar-refractivity contribution >= 4 is 11.8 Å². The van der Waals surface area contributed by atoms with E-state index in [9.17, 15) is 14.0 Å². The van der Waals surface area contributed by atoms with E-state index in [1.165, 1.54) is 24.3 Å². The van der Waals surface area contributed by atoms with E-state index in [0.29, 0.717) is 18.1 Å². The molecule has 2 rings (SSSR count). The maximum Gasteiger partial charge on any atom is 0.272 e. The Balaban J connectivity index is 1.76. The molecule has 0 aliphatic heterocycles. The summed E-state index contributed by atoms with van der Waals surface area (Å²) in [6, 6.07) is 12.6. The molecule has 0 aromatic heterocycles. The molecule has 0 fully saturated rings. The second-order valence-corrected chi connectivity index (χ2v) is 4.96. The molecule has 2 aromatic rings. The Bertz CT molecular complexity index is 737. The minimum atomic E-state index is -0.728. The monoisotopic (exact) mass is 346 g/mol. The van der Waals surface area contributed by atoms with Gasteiger partial charge in [0.25, 0.3) is 5.91 Å². The topological polar surface area (TPSA) is 76.7 Å². The molecule has 0 heterocycles. The summed E-state index contributed by atoms with van der Waals surface area (Å²) in [5.74, 6) is -0.719. The van der Waals surface area contributed by atoms with Gasteiger partial charge in [0.15, 0.2) is 11.5 Å². The van der Waals surface area contributed by atoms with Gasteiger partial charge in [0.05, 0.1) is 25.2 Å². The first kappa shape index (κ1) is 18.3. The molecule has 0 aliphatic rings. The van der Waals surface area contributed by atoms with Crippen LogP contribution in [0.2, 0.25) is 0 Å². The summed E-state index contributed by atoms with van der Waals surface area (Å²) in [6.07, 6.45) is 0.0119. The molecule has 0 spiro atoms. The van der Waals surface area contributed by atoms with E-state index >= 15 is 0 Å². The zero-order valence-corrected chi connectivity index (χ0v) is 13.8. The van der Waals surface area contributed by atoms with Gasteiger partial charge in [-0.3, -0.25) is 20.4 Å². The molecular weight excluding hydrogens is 327 g/mol. The largest absolute Gasteiger partial charge is 0.490 e. The number of amides is 2. The van der Waals surface area contributed by atoms with Gasteiger partial charge in [-0.1, -0.05) is 24.3 Å². The zero-order valence-electron chi connectivity index (χ0n) is 13.8. The number of rotatable bonds is 7. The van der Waals surface area contributed by atoms with E-state index in [1.54, 1.807) is 18.2 Å². The highest BCUT2D eigenvalue weighted by molar-refractivity contribution is 5.95. The molecular formula is C18H19FN2O4. The van der Waals surface area contributed by atoms with E-state index in [4.69, 9.17) is 9.47 Å². The van der Waals surface area contributed by atoms with Gasteiger partial charge in [0.2, 0.25) is 5.91 Å². The molecule has 0 aliphatic carbocycles. The molecule has 2 amide bonds. The summed E-state index contributed by atoms with van der Waals surface area (Å²) in [5, 5.41) is 0. The number of carbonyl (C=O) groups is 2. The Morgan fingerprint density at radius 1 is 0.960 bits per heavy atom. The molecule has 132 valence electrons. The predicted molar refractivity (Wildman–Crippen MR) is 89.7 cm³/mol. The van der Waals surface area contributed by atoms with Gasteiger partial charge in [-0.2, -0.15) is 0 Å². The van der Waals surface area contributed by atoms with Crippen LogP contribution in [0.15, 0.2) is 48.5 Å². The third-order valence-corrected chi connectivity index (χ3v) is 3.17. The van der Waals surface area contributed by atoms with E-state index in [1.807, 2.05) is 13.0 Å². The fourth-order valence-electron chi connectivity index (χ4n) is 2.00. The lowest BCUT2D eigenvalue weighted by Crippen LogP contribution is -2.42. The molecule has 7 heteroatoms. The average molecular weight is 346 g/mol. The lowest BCUT2D eigenvalue weighted by atomic mass is 10.2. The minimum absolute atomic E-state index is 0.0119. The fourth-order valence-corrected chi connectivity index (χ4v) is 2.00. The van der Waals surface area contributed by atoms with Gasteiger partial charge in [0.1, 0.15) is 5.82 Å². The van der Waals surface area contributed by atoms with Gasteiger partial charge >= 0.3 is 0 Å². The van der Waals surface area contributed by atoms with Crippen LogP contribution in [0.3, 0.4) is 0 Å². The molecule has 2 N–H and O–H groups in total. The van der Waals surface area contributed by atoms with Crippen molar-refractivity contribution in [2.75, 3.05) is 13.2 Å². The number of para-hydroxylation sites is 2. The maximum atomic E-state index is 13.5. The summed E-state index contributed by atoms with van der Waals surface area (Å²) >= 11 is 0. The van der Waals surface area contributed by atoms with Crippen molar-refractivity contribution in [2.24, 2.45) is 0 Å². The predicted octanol–water partition coefficient (Wildman–Crippen LogP) is 2.45. The minimum Gasteiger partial charge on any atom is -0.490 e. The van der Waals surface area contributed by atoms with Gasteiger partial charge < -0.3 is 9.47 Å². The zero-order chi connectivity index (χ0) is 18.1. The summed E-state index contributed by atoms with van der Waals surface area (Å²) in [6.45, 7) is 2.47. The molecule has 0 atom stereocenters. The number of nitrogens with one attached hydrogen (secondary N) is 2. The van der Waals surface area contributed by atoms with Crippen molar-refractivity contribution in [3.8, 4) is 11.5 Å². The first-order valence-corrected chi connectivity index (χ1v) is 7.80. The van der Waals surface area contributed by atoms with Crippen LogP contribution in [0.25, 0.3) is 0 Å². The summed E-state index contributed by atoms with van der Waals surface area (Å²) in [5.41, 5.74) is 4.23. The van der Waals surface area contributed by atoms with Gasteiger partial charge in [-0.05, 0) is 31.2 Å². The van der Waals surface area contributed by atoms with Crippen LogP contribution in [-0.4, -0.2) is 25.0 Å². The number of benzene rings is 2.